The molecule has 0 heterocycles. The van der Waals surface area contributed by atoms with Crippen LogP contribution in [-0.4, -0.2) is 18.2 Å². The Balaban J connectivity index is 2.87. The summed E-state index contributed by atoms with van der Waals surface area (Å²) >= 11 is 3.42. The van der Waals surface area contributed by atoms with Gasteiger partial charge in [0.15, 0.2) is 0 Å². The molecule has 1 aromatic carbocycles. The van der Waals surface area contributed by atoms with E-state index >= 15 is 0 Å². The first kappa shape index (κ1) is 15.0. The van der Waals surface area contributed by atoms with Crippen molar-refractivity contribution in [3.05, 3.63) is 28.7 Å². The molecule has 98 valence electrons. The fourth-order valence-corrected chi connectivity index (χ4v) is 2.32. The Labute approximate surface area is 117 Å². The van der Waals surface area contributed by atoms with Crippen LogP contribution in [0.4, 0.5) is 5.69 Å². The maximum atomic E-state index is 9.39. The quantitative estimate of drug-likeness (QED) is 0.895. The van der Waals surface area contributed by atoms with Crippen molar-refractivity contribution in [1.29, 1.82) is 5.26 Å². The van der Waals surface area contributed by atoms with Crippen LogP contribution < -0.4 is 5.32 Å². The molecule has 0 aromatic heterocycles. The predicted octanol–water partition coefficient (Wildman–Crippen LogP) is 3.96. The van der Waals surface area contributed by atoms with E-state index < -0.39 is 5.54 Å². The average molecular weight is 311 g/mol. The topological polar surface area (TPSA) is 45.0 Å². The second kappa shape index (κ2) is 5.73. The summed E-state index contributed by atoms with van der Waals surface area (Å²) in [6.07, 6.45) is 0.597. The van der Waals surface area contributed by atoms with Gasteiger partial charge in [0.2, 0.25) is 0 Å². The second-order valence-corrected chi connectivity index (χ2v) is 6.14. The number of anilines is 1. The normalized spacial score (nSPS) is 14.7. The lowest BCUT2D eigenvalue weighted by Crippen LogP contribution is -2.41. The Hall–Kier alpha value is -1.05. The van der Waals surface area contributed by atoms with Crippen LogP contribution in [0.3, 0.4) is 0 Å². The van der Waals surface area contributed by atoms with Gasteiger partial charge in [0.05, 0.1) is 11.7 Å². The lowest BCUT2D eigenvalue weighted by atomic mass is 9.88. The summed E-state index contributed by atoms with van der Waals surface area (Å²) in [5.74, 6) is 0. The largest absolute Gasteiger partial charge is 0.379 e. The summed E-state index contributed by atoms with van der Waals surface area (Å²) in [4.78, 5) is 0. The van der Waals surface area contributed by atoms with Crippen molar-refractivity contribution < 1.29 is 4.74 Å². The first-order valence-electron chi connectivity index (χ1n) is 5.80. The van der Waals surface area contributed by atoms with Crippen molar-refractivity contribution in [2.75, 3.05) is 12.4 Å². The molecule has 3 nitrogen and oxygen atoms in total. The van der Waals surface area contributed by atoms with Gasteiger partial charge in [-0.15, -0.1) is 0 Å². The van der Waals surface area contributed by atoms with Crippen LogP contribution in [0.1, 0.15) is 27.2 Å². The van der Waals surface area contributed by atoms with E-state index in [2.05, 4.69) is 27.3 Å². The lowest BCUT2D eigenvalue weighted by Gasteiger charge is -2.33. The van der Waals surface area contributed by atoms with E-state index in [9.17, 15) is 5.26 Å². The van der Waals surface area contributed by atoms with Crippen molar-refractivity contribution in [3.63, 3.8) is 0 Å². The highest BCUT2D eigenvalue weighted by Crippen LogP contribution is 2.27. The predicted molar refractivity (Wildman–Crippen MR) is 77.5 cm³/mol. The van der Waals surface area contributed by atoms with E-state index in [0.29, 0.717) is 6.42 Å². The monoisotopic (exact) mass is 310 g/mol. The Kier molecular flexibility index (Phi) is 4.78. The Morgan fingerprint density at radius 2 is 2.06 bits per heavy atom. The van der Waals surface area contributed by atoms with Crippen molar-refractivity contribution >= 4 is 21.6 Å². The fourth-order valence-electron chi connectivity index (χ4n) is 1.92. The summed E-state index contributed by atoms with van der Waals surface area (Å²) in [5, 5.41) is 12.7. The van der Waals surface area contributed by atoms with Crippen molar-refractivity contribution in [2.24, 2.45) is 0 Å². The SMILES string of the molecule is COC(C)(C)CC(C)(C#N)Nc1cccc(Br)c1. The molecule has 1 rings (SSSR count). The zero-order valence-electron chi connectivity index (χ0n) is 11.2. The van der Waals surface area contributed by atoms with Gasteiger partial charge in [0.1, 0.15) is 5.54 Å². The minimum Gasteiger partial charge on any atom is -0.379 e. The maximum absolute atomic E-state index is 9.39. The van der Waals surface area contributed by atoms with Gasteiger partial charge in [-0.25, -0.2) is 0 Å². The number of halogens is 1. The van der Waals surface area contributed by atoms with E-state index in [4.69, 9.17) is 4.74 Å². The molecule has 0 aliphatic heterocycles. The van der Waals surface area contributed by atoms with Crippen LogP contribution in [0, 0.1) is 11.3 Å². The maximum Gasteiger partial charge on any atom is 0.125 e. The number of methoxy groups -OCH3 is 1. The molecule has 18 heavy (non-hydrogen) atoms. The van der Waals surface area contributed by atoms with E-state index in [1.165, 1.54) is 0 Å². The molecule has 0 aliphatic rings. The van der Waals surface area contributed by atoms with Crippen LogP contribution in [0.5, 0.6) is 0 Å². The highest BCUT2D eigenvalue weighted by atomic mass is 79.9. The highest BCUT2D eigenvalue weighted by Gasteiger charge is 2.32. The van der Waals surface area contributed by atoms with Gasteiger partial charge in [-0.2, -0.15) is 5.26 Å². The minimum atomic E-state index is -0.666. The molecule has 0 fully saturated rings. The molecule has 0 saturated carbocycles. The molecule has 0 saturated heterocycles. The van der Waals surface area contributed by atoms with Crippen LogP contribution in [0.25, 0.3) is 0 Å². The minimum absolute atomic E-state index is 0.344. The first-order chi connectivity index (χ1) is 8.30. The van der Waals surface area contributed by atoms with Gasteiger partial charge in [-0.3, -0.25) is 0 Å². The van der Waals surface area contributed by atoms with Crippen LogP contribution in [-0.2, 0) is 4.74 Å². The number of hydrogen-bond donors (Lipinski definition) is 1. The van der Waals surface area contributed by atoms with Gasteiger partial charge in [0.25, 0.3) is 0 Å². The third kappa shape index (κ3) is 4.32. The molecule has 0 spiro atoms. The molecule has 1 atom stereocenters. The number of ether oxygens (including phenoxy) is 1. The summed E-state index contributed by atoms with van der Waals surface area (Å²) in [6.45, 7) is 5.84. The van der Waals surface area contributed by atoms with Crippen LogP contribution in [0.2, 0.25) is 0 Å². The molecule has 0 bridgehead atoms. The number of nitrogens with one attached hydrogen (secondary N) is 1. The van der Waals surface area contributed by atoms with Crippen LogP contribution in [0.15, 0.2) is 28.7 Å². The van der Waals surface area contributed by atoms with Gasteiger partial charge in [-0.05, 0) is 39.0 Å². The van der Waals surface area contributed by atoms with Gasteiger partial charge in [0, 0.05) is 23.7 Å². The zero-order chi connectivity index (χ0) is 13.8. The van der Waals surface area contributed by atoms with Crippen LogP contribution >= 0.6 is 15.9 Å². The standard InChI is InChI=1S/C14H19BrN2O/c1-13(2,18-4)9-14(3,10-16)17-12-7-5-6-11(15)8-12/h5-8,17H,9H2,1-4H3. The molecule has 0 radical (unpaired) electrons. The summed E-state index contributed by atoms with van der Waals surface area (Å²) in [5.41, 5.74) is -0.0932. The van der Waals surface area contributed by atoms with E-state index in [-0.39, 0.29) is 5.60 Å². The molecule has 0 amide bonds. The number of hydrogen-bond acceptors (Lipinski definition) is 3. The molecular formula is C14H19BrN2O. The van der Waals surface area contributed by atoms with E-state index in [1.807, 2.05) is 45.0 Å². The molecule has 0 aliphatic carbocycles. The molecule has 1 N–H and O–H groups in total. The second-order valence-electron chi connectivity index (χ2n) is 5.22. The average Bonchev–Trinajstić information content (AvgIpc) is 2.28. The number of benzene rings is 1. The molecular weight excluding hydrogens is 292 g/mol. The highest BCUT2D eigenvalue weighted by molar-refractivity contribution is 9.10. The summed E-state index contributed by atoms with van der Waals surface area (Å²) in [6, 6.07) is 10.1. The molecule has 1 aromatic rings. The summed E-state index contributed by atoms with van der Waals surface area (Å²) < 4.78 is 6.38. The molecule has 1 unspecified atom stereocenters. The van der Waals surface area contributed by atoms with E-state index in [1.54, 1.807) is 7.11 Å². The Morgan fingerprint density at radius 3 is 2.56 bits per heavy atom. The van der Waals surface area contributed by atoms with Gasteiger partial charge >= 0.3 is 0 Å². The Bertz CT molecular complexity index is 453. The smallest absolute Gasteiger partial charge is 0.125 e. The van der Waals surface area contributed by atoms with Crippen molar-refractivity contribution in [3.8, 4) is 6.07 Å². The number of rotatable bonds is 5. The number of nitriles is 1. The zero-order valence-corrected chi connectivity index (χ0v) is 12.8. The third-order valence-corrected chi connectivity index (χ3v) is 3.32. The van der Waals surface area contributed by atoms with Crippen molar-refractivity contribution in [2.45, 2.75) is 38.3 Å². The third-order valence-electron chi connectivity index (χ3n) is 2.82. The number of nitrogens with zero attached hydrogens (tertiary/aromatic N) is 1. The van der Waals surface area contributed by atoms with Gasteiger partial charge in [-0.1, -0.05) is 22.0 Å². The summed E-state index contributed by atoms with van der Waals surface area (Å²) in [7, 11) is 1.66. The fraction of sp³-hybridized carbons (Fsp3) is 0.500. The van der Waals surface area contributed by atoms with Crippen molar-refractivity contribution in [1.82, 2.24) is 0 Å². The Morgan fingerprint density at radius 1 is 1.39 bits per heavy atom. The van der Waals surface area contributed by atoms with Gasteiger partial charge < -0.3 is 10.1 Å². The van der Waals surface area contributed by atoms with E-state index in [0.717, 1.165) is 10.2 Å². The molecule has 4 heteroatoms. The first-order valence-corrected chi connectivity index (χ1v) is 6.60. The lowest BCUT2D eigenvalue weighted by molar-refractivity contribution is 0.00725.